The summed E-state index contributed by atoms with van der Waals surface area (Å²) < 4.78 is 0. The molecule has 3 N–H and O–H groups in total. The third-order valence-corrected chi connectivity index (χ3v) is 4.33. The molecule has 5 atom stereocenters. The Morgan fingerprint density at radius 1 is 1.55 bits per heavy atom. The molecular weight excluding hydrogens is 286 g/mol. The summed E-state index contributed by atoms with van der Waals surface area (Å²) in [7, 11) is 0. The van der Waals surface area contributed by atoms with Crippen LogP contribution in [0.15, 0.2) is 5.16 Å². The Labute approximate surface area is 130 Å². The number of carbonyl (C=O) groups is 1. The van der Waals surface area contributed by atoms with Crippen LogP contribution in [-0.2, 0) is 9.63 Å². The zero-order valence-corrected chi connectivity index (χ0v) is 12.7. The van der Waals surface area contributed by atoms with Crippen molar-refractivity contribution in [2.75, 3.05) is 6.61 Å². The van der Waals surface area contributed by atoms with Gasteiger partial charge in [0, 0.05) is 5.92 Å². The van der Waals surface area contributed by atoms with Crippen LogP contribution in [0.2, 0.25) is 0 Å². The second-order valence-electron chi connectivity index (χ2n) is 5.96. The zero-order valence-electron chi connectivity index (χ0n) is 12.7. The Morgan fingerprint density at radius 2 is 2.32 bits per heavy atom. The molecule has 0 radical (unpaired) electrons. The summed E-state index contributed by atoms with van der Waals surface area (Å²) in [5, 5.41) is 32.3. The monoisotopic (exact) mass is 309 g/mol. The maximum absolute atomic E-state index is 10.4. The van der Waals surface area contributed by atoms with Gasteiger partial charge in [-0.3, -0.25) is 4.79 Å². The van der Waals surface area contributed by atoms with E-state index in [9.17, 15) is 15.0 Å². The van der Waals surface area contributed by atoms with Crippen molar-refractivity contribution < 1.29 is 25.0 Å². The molecule has 0 aromatic carbocycles. The van der Waals surface area contributed by atoms with Crippen molar-refractivity contribution >= 4 is 11.7 Å². The predicted molar refractivity (Wildman–Crippen MR) is 80.0 cm³/mol. The predicted octanol–water partition coefficient (Wildman–Crippen LogP) is 1.01. The van der Waals surface area contributed by atoms with Crippen LogP contribution < -0.4 is 0 Å². The summed E-state index contributed by atoms with van der Waals surface area (Å²) in [4.78, 5) is 15.4. The third kappa shape index (κ3) is 3.99. The van der Waals surface area contributed by atoms with Crippen LogP contribution in [-0.4, -0.2) is 45.8 Å². The Balaban J connectivity index is 1.85. The Kier molecular flexibility index (Phi) is 5.81. The van der Waals surface area contributed by atoms with E-state index in [4.69, 9.17) is 9.94 Å². The van der Waals surface area contributed by atoms with Gasteiger partial charge in [-0.15, -0.1) is 0 Å². The molecule has 0 aromatic heterocycles. The summed E-state index contributed by atoms with van der Waals surface area (Å²) in [6, 6.07) is 0. The lowest BCUT2D eigenvalue weighted by atomic mass is 9.71. The van der Waals surface area contributed by atoms with Crippen molar-refractivity contribution in [1.29, 1.82) is 0 Å². The van der Waals surface area contributed by atoms with E-state index in [1.165, 1.54) is 0 Å². The van der Waals surface area contributed by atoms with E-state index in [0.717, 1.165) is 18.6 Å². The van der Waals surface area contributed by atoms with Crippen molar-refractivity contribution in [1.82, 2.24) is 0 Å². The fourth-order valence-corrected chi connectivity index (χ4v) is 3.11. The minimum absolute atomic E-state index is 0.0607. The lowest BCUT2D eigenvalue weighted by Crippen LogP contribution is -2.36. The molecule has 2 saturated carbocycles. The Hall–Kier alpha value is -1.58. The molecular formula is C16H23NO5. The number of aliphatic hydroxyl groups is 2. The average Bonchev–Trinajstić information content (AvgIpc) is 2.69. The number of hydrogen-bond donors (Lipinski definition) is 3. The smallest absolute Gasteiger partial charge is 0.306 e. The van der Waals surface area contributed by atoms with Gasteiger partial charge in [0.25, 0.3) is 0 Å². The minimum Gasteiger partial charge on any atom is -0.481 e. The molecule has 6 nitrogen and oxygen atoms in total. The van der Waals surface area contributed by atoms with Crippen molar-refractivity contribution in [3.63, 3.8) is 0 Å². The van der Waals surface area contributed by atoms with Gasteiger partial charge < -0.3 is 20.2 Å². The SMILES string of the molecule is CCCC(O)C#CC1C(O)CC2C(=NOCCC(=O)O)CC21. The highest BCUT2D eigenvalue weighted by Gasteiger charge is 2.51. The quantitative estimate of drug-likeness (QED) is 0.386. The third-order valence-electron chi connectivity index (χ3n) is 4.33. The topological polar surface area (TPSA) is 99.4 Å². The molecule has 0 saturated heterocycles. The van der Waals surface area contributed by atoms with E-state index >= 15 is 0 Å². The molecule has 0 aromatic rings. The van der Waals surface area contributed by atoms with Gasteiger partial charge in [0.15, 0.2) is 0 Å². The number of oxime groups is 1. The highest BCUT2D eigenvalue weighted by molar-refractivity contribution is 5.93. The summed E-state index contributed by atoms with van der Waals surface area (Å²) in [5.74, 6) is 5.26. The minimum atomic E-state index is -0.913. The molecule has 5 unspecified atom stereocenters. The normalized spacial score (nSPS) is 32.6. The molecule has 2 fully saturated rings. The number of carboxylic acids is 1. The number of carboxylic acid groups (broad SMARTS) is 1. The summed E-state index contributed by atoms with van der Waals surface area (Å²) >= 11 is 0. The molecule has 2 aliphatic rings. The fourth-order valence-electron chi connectivity index (χ4n) is 3.11. The number of aliphatic carboxylic acids is 1. The van der Waals surface area contributed by atoms with Crippen LogP contribution >= 0.6 is 0 Å². The van der Waals surface area contributed by atoms with Gasteiger partial charge in [-0.25, -0.2) is 0 Å². The van der Waals surface area contributed by atoms with Crippen LogP contribution in [0.4, 0.5) is 0 Å². The van der Waals surface area contributed by atoms with E-state index < -0.39 is 18.2 Å². The van der Waals surface area contributed by atoms with E-state index in [2.05, 4.69) is 17.0 Å². The maximum Gasteiger partial charge on any atom is 0.306 e. The average molecular weight is 309 g/mol. The second-order valence-corrected chi connectivity index (χ2v) is 5.96. The standard InChI is InChI=1S/C16H23NO5/c1-2-3-10(18)4-5-11-12-8-14(13(12)9-15(11)19)17-22-7-6-16(20)21/h10-13,15,18-19H,2-3,6-9H2,1H3,(H,20,21). The lowest BCUT2D eigenvalue weighted by molar-refractivity contribution is -0.138. The molecule has 22 heavy (non-hydrogen) atoms. The van der Waals surface area contributed by atoms with Crippen LogP contribution in [0, 0.1) is 29.6 Å². The molecule has 2 aliphatic carbocycles. The van der Waals surface area contributed by atoms with Gasteiger partial charge in [0.1, 0.15) is 12.7 Å². The summed E-state index contributed by atoms with van der Waals surface area (Å²) in [6.07, 6.45) is 1.66. The largest absolute Gasteiger partial charge is 0.481 e. The van der Waals surface area contributed by atoms with E-state index in [1.807, 2.05) is 6.92 Å². The fraction of sp³-hybridized carbons (Fsp3) is 0.750. The first-order valence-electron chi connectivity index (χ1n) is 7.80. The summed E-state index contributed by atoms with van der Waals surface area (Å²) in [6.45, 7) is 2.05. The summed E-state index contributed by atoms with van der Waals surface area (Å²) in [5.41, 5.74) is 0.882. The maximum atomic E-state index is 10.4. The molecule has 6 heteroatoms. The van der Waals surface area contributed by atoms with Gasteiger partial charge in [-0.1, -0.05) is 30.3 Å². The van der Waals surface area contributed by atoms with Crippen LogP contribution in [0.25, 0.3) is 0 Å². The molecule has 0 heterocycles. The van der Waals surface area contributed by atoms with E-state index in [0.29, 0.717) is 12.8 Å². The lowest BCUT2D eigenvalue weighted by Gasteiger charge is -2.33. The number of fused-ring (bicyclic) bond motifs is 1. The van der Waals surface area contributed by atoms with Crippen molar-refractivity contribution in [2.24, 2.45) is 22.9 Å². The highest BCUT2D eigenvalue weighted by Crippen LogP contribution is 2.48. The van der Waals surface area contributed by atoms with Crippen molar-refractivity contribution in [3.8, 4) is 11.8 Å². The van der Waals surface area contributed by atoms with E-state index in [-0.39, 0.29) is 30.8 Å². The highest BCUT2D eigenvalue weighted by atomic mass is 16.6. The van der Waals surface area contributed by atoms with E-state index in [1.54, 1.807) is 0 Å². The van der Waals surface area contributed by atoms with Crippen molar-refractivity contribution in [3.05, 3.63) is 0 Å². The van der Waals surface area contributed by atoms with Gasteiger partial charge in [-0.2, -0.15) is 0 Å². The second kappa shape index (κ2) is 7.61. The Morgan fingerprint density at radius 3 is 3.00 bits per heavy atom. The number of nitrogens with zero attached hydrogens (tertiary/aromatic N) is 1. The van der Waals surface area contributed by atoms with Gasteiger partial charge in [-0.05, 0) is 25.2 Å². The first-order valence-corrected chi connectivity index (χ1v) is 7.80. The first-order chi connectivity index (χ1) is 10.5. The van der Waals surface area contributed by atoms with Crippen LogP contribution in [0.3, 0.4) is 0 Å². The van der Waals surface area contributed by atoms with Crippen molar-refractivity contribution in [2.45, 2.75) is 51.2 Å². The molecule has 0 aliphatic heterocycles. The van der Waals surface area contributed by atoms with Crippen LogP contribution in [0.1, 0.15) is 39.0 Å². The zero-order chi connectivity index (χ0) is 16.1. The van der Waals surface area contributed by atoms with Gasteiger partial charge >= 0.3 is 5.97 Å². The van der Waals surface area contributed by atoms with Gasteiger partial charge in [0.05, 0.1) is 24.2 Å². The van der Waals surface area contributed by atoms with Crippen LogP contribution in [0.5, 0.6) is 0 Å². The number of hydrogen-bond acceptors (Lipinski definition) is 5. The molecule has 0 spiro atoms. The molecule has 122 valence electrons. The Bertz CT molecular complexity index is 492. The molecule has 2 rings (SSSR count). The molecule has 0 bridgehead atoms. The number of rotatable bonds is 6. The molecule has 0 amide bonds. The number of aliphatic hydroxyl groups excluding tert-OH is 2. The van der Waals surface area contributed by atoms with Gasteiger partial charge in [0.2, 0.25) is 0 Å². The first kappa shape index (κ1) is 16.8.